The van der Waals surface area contributed by atoms with E-state index in [0.29, 0.717) is 28.8 Å². The maximum absolute atomic E-state index is 12.8. The average Bonchev–Trinajstić information content (AvgIpc) is 3.31. The summed E-state index contributed by atoms with van der Waals surface area (Å²) in [6, 6.07) is 14.5. The molecule has 4 aromatic rings. The lowest BCUT2D eigenvalue weighted by Gasteiger charge is -2.17. The highest BCUT2D eigenvalue weighted by molar-refractivity contribution is 7.15. The molecule has 0 spiro atoms. The number of benzene rings is 2. The lowest BCUT2D eigenvalue weighted by Crippen LogP contribution is -2.30. The summed E-state index contributed by atoms with van der Waals surface area (Å²) >= 11 is 7.27. The molecule has 0 unspecified atom stereocenters. The highest BCUT2D eigenvalue weighted by atomic mass is 35.5. The number of carbonyl (C=O) groups is 1. The summed E-state index contributed by atoms with van der Waals surface area (Å²) in [5.74, 6) is -0.136. The van der Waals surface area contributed by atoms with E-state index in [9.17, 15) is 4.79 Å². The molecule has 7 nitrogen and oxygen atoms in total. The fourth-order valence-corrected chi connectivity index (χ4v) is 3.70. The lowest BCUT2D eigenvalue weighted by atomic mass is 10.2. The van der Waals surface area contributed by atoms with Gasteiger partial charge in [0.1, 0.15) is 10.5 Å². The number of carbonyl (C=O) groups excluding carboxylic acids is 1. The molecule has 4 rings (SSSR count). The zero-order chi connectivity index (χ0) is 18.8. The minimum atomic E-state index is -0.136. The summed E-state index contributed by atoms with van der Waals surface area (Å²) in [5, 5.41) is 18.6. The van der Waals surface area contributed by atoms with Gasteiger partial charge in [-0.2, -0.15) is 0 Å². The molecule has 0 fully saturated rings. The largest absolute Gasteiger partial charge is 0.283 e. The van der Waals surface area contributed by atoms with Gasteiger partial charge in [-0.3, -0.25) is 9.69 Å². The molecule has 0 bridgehead atoms. The van der Waals surface area contributed by atoms with Crippen molar-refractivity contribution in [2.75, 3.05) is 11.4 Å². The van der Waals surface area contributed by atoms with Gasteiger partial charge in [0.15, 0.2) is 0 Å². The Kier molecular flexibility index (Phi) is 4.83. The van der Waals surface area contributed by atoms with E-state index in [1.165, 1.54) is 11.3 Å². The van der Waals surface area contributed by atoms with E-state index in [-0.39, 0.29) is 5.91 Å². The first kappa shape index (κ1) is 17.6. The van der Waals surface area contributed by atoms with Crippen molar-refractivity contribution in [3.63, 3.8) is 0 Å². The third-order valence-corrected chi connectivity index (χ3v) is 5.23. The van der Waals surface area contributed by atoms with E-state index < -0.39 is 0 Å². The van der Waals surface area contributed by atoms with Crippen LogP contribution in [0.25, 0.3) is 11.0 Å². The first-order chi connectivity index (χ1) is 13.2. The van der Waals surface area contributed by atoms with Crippen molar-refractivity contribution in [1.82, 2.24) is 25.2 Å². The lowest BCUT2D eigenvalue weighted by molar-refractivity contribution is 0.0988. The number of nitrogens with zero attached hydrogens (tertiary/aromatic N) is 6. The summed E-state index contributed by atoms with van der Waals surface area (Å²) in [7, 11) is 0. The van der Waals surface area contributed by atoms with E-state index in [1.54, 1.807) is 33.8 Å². The smallest absolute Gasteiger partial charge is 0.260 e. The first-order valence-corrected chi connectivity index (χ1v) is 9.53. The van der Waals surface area contributed by atoms with Gasteiger partial charge in [0.2, 0.25) is 5.13 Å². The van der Waals surface area contributed by atoms with Gasteiger partial charge >= 0.3 is 0 Å². The van der Waals surface area contributed by atoms with Gasteiger partial charge in [0, 0.05) is 17.1 Å². The van der Waals surface area contributed by atoms with E-state index >= 15 is 0 Å². The molecular formula is C18H15ClN6OS. The highest BCUT2D eigenvalue weighted by Crippen LogP contribution is 2.24. The average molecular weight is 399 g/mol. The summed E-state index contributed by atoms with van der Waals surface area (Å²) in [5.41, 5.74) is 2.31. The van der Waals surface area contributed by atoms with Crippen LogP contribution in [0.2, 0.25) is 5.02 Å². The maximum Gasteiger partial charge on any atom is 0.260 e. The Morgan fingerprint density at radius 2 is 1.89 bits per heavy atom. The molecule has 136 valence electrons. The van der Waals surface area contributed by atoms with Crippen molar-refractivity contribution >= 4 is 45.0 Å². The van der Waals surface area contributed by atoms with E-state index in [2.05, 4.69) is 20.5 Å². The van der Waals surface area contributed by atoms with Crippen LogP contribution in [-0.4, -0.2) is 37.6 Å². The highest BCUT2D eigenvalue weighted by Gasteiger charge is 2.20. The van der Waals surface area contributed by atoms with Crippen molar-refractivity contribution < 1.29 is 4.79 Å². The molecule has 0 saturated heterocycles. The summed E-state index contributed by atoms with van der Waals surface area (Å²) in [4.78, 5) is 14.4. The number of aromatic nitrogens is 5. The summed E-state index contributed by atoms with van der Waals surface area (Å²) in [6.45, 7) is 2.84. The van der Waals surface area contributed by atoms with Crippen LogP contribution in [-0.2, 0) is 6.54 Å². The molecule has 0 aliphatic heterocycles. The van der Waals surface area contributed by atoms with Gasteiger partial charge in [0.05, 0.1) is 12.1 Å². The van der Waals surface area contributed by atoms with Gasteiger partial charge in [0.25, 0.3) is 5.91 Å². The van der Waals surface area contributed by atoms with Gasteiger partial charge in [-0.05, 0) is 43.3 Å². The molecule has 2 aromatic heterocycles. The normalized spacial score (nSPS) is 11.0. The molecule has 0 aliphatic rings. The van der Waals surface area contributed by atoms with Crippen molar-refractivity contribution in [2.24, 2.45) is 0 Å². The Morgan fingerprint density at radius 3 is 2.67 bits per heavy atom. The molecule has 9 heteroatoms. The standard InChI is InChI=1S/C18H15ClN6OS/c1-2-24(17(26)12-7-9-13(19)10-8-12)18-22-21-16(27-18)11-25-15-6-4-3-5-14(15)20-23-25/h3-10H,2,11H2,1H3. The van der Waals surface area contributed by atoms with Crippen LogP contribution < -0.4 is 4.90 Å². The quantitative estimate of drug-likeness (QED) is 0.512. The molecule has 0 saturated carbocycles. The van der Waals surface area contributed by atoms with Crippen molar-refractivity contribution in [3.8, 4) is 0 Å². The van der Waals surface area contributed by atoms with Crippen molar-refractivity contribution in [1.29, 1.82) is 0 Å². The van der Waals surface area contributed by atoms with Gasteiger partial charge in [-0.1, -0.05) is 40.3 Å². The van der Waals surface area contributed by atoms with Crippen LogP contribution in [0.15, 0.2) is 48.5 Å². The van der Waals surface area contributed by atoms with Gasteiger partial charge in [-0.15, -0.1) is 15.3 Å². The summed E-state index contributed by atoms with van der Waals surface area (Å²) in [6.07, 6.45) is 0. The van der Waals surface area contributed by atoms with Gasteiger partial charge in [-0.25, -0.2) is 4.68 Å². The number of hydrogen-bond donors (Lipinski definition) is 0. The monoisotopic (exact) mass is 398 g/mol. The Labute approximate surface area is 164 Å². The molecule has 0 radical (unpaired) electrons. The predicted octanol–water partition coefficient (Wildman–Crippen LogP) is 3.65. The molecular weight excluding hydrogens is 384 g/mol. The Hall–Kier alpha value is -2.84. The van der Waals surface area contributed by atoms with Crippen LogP contribution in [0.3, 0.4) is 0 Å². The molecule has 2 heterocycles. The minimum Gasteiger partial charge on any atom is -0.283 e. The molecule has 1 amide bonds. The zero-order valence-corrected chi connectivity index (χ0v) is 16.0. The van der Waals surface area contributed by atoms with Crippen molar-refractivity contribution in [2.45, 2.75) is 13.5 Å². The van der Waals surface area contributed by atoms with Crippen LogP contribution >= 0.6 is 22.9 Å². The zero-order valence-electron chi connectivity index (χ0n) is 14.4. The van der Waals surface area contributed by atoms with E-state index in [0.717, 1.165) is 16.0 Å². The molecule has 2 aromatic carbocycles. The van der Waals surface area contributed by atoms with E-state index in [4.69, 9.17) is 11.6 Å². The maximum atomic E-state index is 12.8. The second kappa shape index (κ2) is 7.42. The number of amides is 1. The Balaban J connectivity index is 1.57. The second-order valence-corrected chi connectivity index (χ2v) is 7.25. The number of halogens is 1. The third kappa shape index (κ3) is 3.54. The number of rotatable bonds is 5. The van der Waals surface area contributed by atoms with E-state index in [1.807, 2.05) is 31.2 Å². The number of para-hydroxylation sites is 1. The molecule has 0 N–H and O–H groups in total. The number of fused-ring (bicyclic) bond motifs is 1. The van der Waals surface area contributed by atoms with Crippen LogP contribution in [0, 0.1) is 0 Å². The molecule has 0 atom stereocenters. The third-order valence-electron chi connectivity index (χ3n) is 4.04. The predicted molar refractivity (Wildman–Crippen MR) is 105 cm³/mol. The number of hydrogen-bond acceptors (Lipinski definition) is 6. The fourth-order valence-electron chi connectivity index (χ4n) is 2.69. The number of anilines is 1. The van der Waals surface area contributed by atoms with Crippen LogP contribution in [0.4, 0.5) is 5.13 Å². The fraction of sp³-hybridized carbons (Fsp3) is 0.167. The van der Waals surface area contributed by atoms with Crippen LogP contribution in [0.1, 0.15) is 22.3 Å². The molecule has 0 aliphatic carbocycles. The summed E-state index contributed by atoms with van der Waals surface area (Å²) < 4.78 is 1.77. The molecule has 27 heavy (non-hydrogen) atoms. The van der Waals surface area contributed by atoms with Crippen LogP contribution in [0.5, 0.6) is 0 Å². The topological polar surface area (TPSA) is 76.8 Å². The Morgan fingerprint density at radius 1 is 1.11 bits per heavy atom. The SMILES string of the molecule is CCN(C(=O)c1ccc(Cl)cc1)c1nnc(Cn2nnc3ccccc32)s1. The second-order valence-electron chi connectivity index (χ2n) is 5.77. The van der Waals surface area contributed by atoms with Crippen molar-refractivity contribution in [3.05, 3.63) is 64.1 Å². The minimum absolute atomic E-state index is 0.136. The Bertz CT molecular complexity index is 1090. The first-order valence-electron chi connectivity index (χ1n) is 8.33. The van der Waals surface area contributed by atoms with Gasteiger partial charge < -0.3 is 0 Å².